The zero-order valence-electron chi connectivity index (χ0n) is 14.2. The quantitative estimate of drug-likeness (QED) is 0.865. The van der Waals surface area contributed by atoms with E-state index in [0.717, 1.165) is 31.2 Å². The molecule has 1 saturated heterocycles. The van der Waals surface area contributed by atoms with Gasteiger partial charge in [-0.15, -0.1) is 0 Å². The summed E-state index contributed by atoms with van der Waals surface area (Å²) in [6, 6.07) is 2.85. The molecule has 5 nitrogen and oxygen atoms in total. The molecule has 25 heavy (non-hydrogen) atoms. The summed E-state index contributed by atoms with van der Waals surface area (Å²) < 4.78 is 20.4. The number of amides is 2. The number of benzene rings is 1. The molecule has 1 aromatic rings. The number of ether oxygens (including phenoxy) is 1. The maximum Gasteiger partial charge on any atom is 0.254 e. The molecule has 134 valence electrons. The van der Waals surface area contributed by atoms with Crippen molar-refractivity contribution in [2.45, 2.75) is 63.0 Å². The number of fused-ring (bicyclic) bond motifs is 1. The molecular formula is C19H23FN2O3. The van der Waals surface area contributed by atoms with Crippen molar-refractivity contribution in [2.24, 2.45) is 0 Å². The van der Waals surface area contributed by atoms with Gasteiger partial charge in [0, 0.05) is 24.8 Å². The minimum atomic E-state index is -0.596. The molecule has 3 aliphatic rings. The first-order valence-electron chi connectivity index (χ1n) is 9.12. The minimum Gasteiger partial charge on any atom is -0.375 e. The minimum absolute atomic E-state index is 0.0227. The molecule has 6 heteroatoms. The third-order valence-electron chi connectivity index (χ3n) is 5.68. The molecule has 4 rings (SSSR count). The second-order valence-electron chi connectivity index (χ2n) is 7.44. The van der Waals surface area contributed by atoms with Crippen molar-refractivity contribution in [2.75, 3.05) is 11.9 Å². The van der Waals surface area contributed by atoms with Crippen molar-refractivity contribution in [1.82, 2.24) is 5.32 Å². The average molecular weight is 346 g/mol. The lowest BCUT2D eigenvalue weighted by Gasteiger charge is -2.38. The zero-order valence-corrected chi connectivity index (χ0v) is 14.2. The van der Waals surface area contributed by atoms with Gasteiger partial charge in [-0.25, -0.2) is 4.39 Å². The number of rotatable bonds is 2. The lowest BCUT2D eigenvalue weighted by molar-refractivity contribution is -0.116. The molecule has 2 fully saturated rings. The monoisotopic (exact) mass is 346 g/mol. The van der Waals surface area contributed by atoms with E-state index < -0.39 is 5.82 Å². The third kappa shape index (κ3) is 3.27. The van der Waals surface area contributed by atoms with Crippen LogP contribution in [0.3, 0.4) is 0 Å². The summed E-state index contributed by atoms with van der Waals surface area (Å²) >= 11 is 0. The van der Waals surface area contributed by atoms with E-state index in [1.807, 2.05) is 0 Å². The second-order valence-corrected chi connectivity index (χ2v) is 7.44. The Hall–Kier alpha value is -1.95. The van der Waals surface area contributed by atoms with Crippen LogP contribution in [0.15, 0.2) is 12.1 Å². The van der Waals surface area contributed by atoms with Gasteiger partial charge in [0.2, 0.25) is 5.91 Å². The molecule has 0 bridgehead atoms. The Kier molecular flexibility index (Phi) is 4.23. The van der Waals surface area contributed by atoms with E-state index >= 15 is 0 Å². The van der Waals surface area contributed by atoms with E-state index in [9.17, 15) is 14.0 Å². The standard InChI is InChI=1S/C19H23FN2O3/c20-15-10-16-12(3-4-17(23)22-16)9-14(15)18(24)21-13-5-8-25-19(11-13)6-1-2-7-19/h9-10,13H,1-8,11H2,(H,21,24)(H,22,23). The molecule has 2 heterocycles. The molecule has 2 amide bonds. The van der Waals surface area contributed by atoms with Crippen LogP contribution in [-0.4, -0.2) is 30.1 Å². The van der Waals surface area contributed by atoms with Crippen LogP contribution < -0.4 is 10.6 Å². The Morgan fingerprint density at radius 3 is 2.88 bits per heavy atom. The van der Waals surface area contributed by atoms with E-state index in [4.69, 9.17) is 4.74 Å². The fourth-order valence-electron chi connectivity index (χ4n) is 4.36. The summed E-state index contributed by atoms with van der Waals surface area (Å²) in [6.07, 6.45) is 6.90. The SMILES string of the molecule is O=C1CCc2cc(C(=O)NC3CCOC4(CCCC4)C3)c(F)cc2N1. The first kappa shape index (κ1) is 16.5. The van der Waals surface area contributed by atoms with Crippen LogP contribution in [0, 0.1) is 5.82 Å². The third-order valence-corrected chi connectivity index (χ3v) is 5.68. The molecule has 1 atom stereocenters. The average Bonchev–Trinajstić information content (AvgIpc) is 3.01. The van der Waals surface area contributed by atoms with Gasteiger partial charge in [-0.05, 0) is 49.8 Å². The van der Waals surface area contributed by atoms with Gasteiger partial charge in [0.1, 0.15) is 5.82 Å². The van der Waals surface area contributed by atoms with Crippen LogP contribution in [0.2, 0.25) is 0 Å². The number of carbonyl (C=O) groups excluding carboxylic acids is 2. The summed E-state index contributed by atoms with van der Waals surface area (Å²) in [5.41, 5.74) is 1.25. The van der Waals surface area contributed by atoms with Gasteiger partial charge in [-0.1, -0.05) is 12.8 Å². The number of anilines is 1. The van der Waals surface area contributed by atoms with Gasteiger partial charge in [0.05, 0.1) is 11.2 Å². The summed E-state index contributed by atoms with van der Waals surface area (Å²) in [4.78, 5) is 24.0. The van der Waals surface area contributed by atoms with Gasteiger partial charge in [0.25, 0.3) is 5.91 Å². The first-order chi connectivity index (χ1) is 12.0. The van der Waals surface area contributed by atoms with Crippen molar-refractivity contribution in [1.29, 1.82) is 0 Å². The normalized spacial score (nSPS) is 24.7. The molecular weight excluding hydrogens is 323 g/mol. The second kappa shape index (κ2) is 6.41. The molecule has 1 unspecified atom stereocenters. The molecule has 1 aliphatic carbocycles. The van der Waals surface area contributed by atoms with Crippen LogP contribution in [-0.2, 0) is 16.0 Å². The number of halogens is 1. The maximum atomic E-state index is 14.4. The van der Waals surface area contributed by atoms with Crippen LogP contribution in [0.25, 0.3) is 0 Å². The molecule has 2 N–H and O–H groups in total. The highest BCUT2D eigenvalue weighted by atomic mass is 19.1. The van der Waals surface area contributed by atoms with Gasteiger partial charge in [-0.2, -0.15) is 0 Å². The zero-order chi connectivity index (χ0) is 17.4. The van der Waals surface area contributed by atoms with E-state index in [-0.39, 0.29) is 29.0 Å². The van der Waals surface area contributed by atoms with Gasteiger partial charge >= 0.3 is 0 Å². The highest BCUT2D eigenvalue weighted by molar-refractivity contribution is 5.98. The number of nitrogens with one attached hydrogen (secondary N) is 2. The Balaban J connectivity index is 1.48. The van der Waals surface area contributed by atoms with E-state index in [0.29, 0.717) is 25.1 Å². The predicted octanol–water partition coefficient (Wildman–Crippen LogP) is 2.93. The van der Waals surface area contributed by atoms with Crippen molar-refractivity contribution in [3.63, 3.8) is 0 Å². The Morgan fingerprint density at radius 1 is 1.28 bits per heavy atom. The van der Waals surface area contributed by atoms with E-state index in [1.54, 1.807) is 6.07 Å². The number of carbonyl (C=O) groups is 2. The van der Waals surface area contributed by atoms with Crippen LogP contribution in [0.4, 0.5) is 10.1 Å². The Morgan fingerprint density at radius 2 is 2.08 bits per heavy atom. The van der Waals surface area contributed by atoms with Crippen LogP contribution >= 0.6 is 0 Å². The molecule has 1 spiro atoms. The maximum absolute atomic E-state index is 14.4. The van der Waals surface area contributed by atoms with Crippen LogP contribution in [0.1, 0.15) is 60.9 Å². The Labute approximate surface area is 146 Å². The predicted molar refractivity (Wildman–Crippen MR) is 91.0 cm³/mol. The van der Waals surface area contributed by atoms with Gasteiger partial charge in [-0.3, -0.25) is 9.59 Å². The largest absolute Gasteiger partial charge is 0.375 e. The van der Waals surface area contributed by atoms with E-state index in [2.05, 4.69) is 10.6 Å². The fraction of sp³-hybridized carbons (Fsp3) is 0.579. The van der Waals surface area contributed by atoms with Gasteiger partial charge < -0.3 is 15.4 Å². The fourth-order valence-corrected chi connectivity index (χ4v) is 4.36. The van der Waals surface area contributed by atoms with Gasteiger partial charge in [0.15, 0.2) is 0 Å². The number of hydrogen-bond donors (Lipinski definition) is 2. The number of aryl methyl sites for hydroxylation is 1. The van der Waals surface area contributed by atoms with Crippen molar-refractivity contribution in [3.05, 3.63) is 29.1 Å². The van der Waals surface area contributed by atoms with Crippen molar-refractivity contribution in [3.8, 4) is 0 Å². The molecule has 2 aliphatic heterocycles. The highest BCUT2D eigenvalue weighted by Gasteiger charge is 2.40. The molecule has 1 saturated carbocycles. The molecule has 0 radical (unpaired) electrons. The summed E-state index contributed by atoms with van der Waals surface area (Å²) in [5.74, 6) is -1.09. The Bertz CT molecular complexity index is 713. The smallest absolute Gasteiger partial charge is 0.254 e. The topological polar surface area (TPSA) is 67.4 Å². The first-order valence-corrected chi connectivity index (χ1v) is 9.12. The summed E-state index contributed by atoms with van der Waals surface area (Å²) in [5, 5.41) is 5.65. The lowest BCUT2D eigenvalue weighted by Crippen LogP contribution is -2.47. The molecule has 1 aromatic carbocycles. The molecule has 0 aromatic heterocycles. The summed E-state index contributed by atoms with van der Waals surface area (Å²) in [6.45, 7) is 0.643. The lowest BCUT2D eigenvalue weighted by atomic mass is 9.88. The highest BCUT2D eigenvalue weighted by Crippen LogP contribution is 2.40. The van der Waals surface area contributed by atoms with Crippen molar-refractivity contribution < 1.29 is 18.7 Å². The van der Waals surface area contributed by atoms with Crippen LogP contribution in [0.5, 0.6) is 0 Å². The summed E-state index contributed by atoms with van der Waals surface area (Å²) in [7, 11) is 0. The van der Waals surface area contributed by atoms with Crippen molar-refractivity contribution >= 4 is 17.5 Å². The number of hydrogen-bond acceptors (Lipinski definition) is 3. The van der Waals surface area contributed by atoms with E-state index in [1.165, 1.54) is 18.9 Å².